The Bertz CT molecular complexity index is 340. The van der Waals surface area contributed by atoms with Crippen molar-refractivity contribution in [2.45, 2.75) is 38.3 Å². The average Bonchev–Trinajstić information content (AvgIpc) is 2.39. The number of nitrogens with zero attached hydrogens (tertiary/aromatic N) is 3. The van der Waals surface area contributed by atoms with E-state index in [1.165, 1.54) is 6.42 Å². The second kappa shape index (κ2) is 6.17. The first kappa shape index (κ1) is 13.3. The summed E-state index contributed by atoms with van der Waals surface area (Å²) in [5, 5.41) is 9.04. The van der Waals surface area contributed by atoms with Crippen LogP contribution in [0, 0.1) is 11.3 Å². The lowest BCUT2D eigenvalue weighted by atomic mass is 10.0. The molecule has 0 unspecified atom stereocenters. The van der Waals surface area contributed by atoms with Crippen molar-refractivity contribution in [3.8, 4) is 6.07 Å². The molecule has 5 heteroatoms. The summed E-state index contributed by atoms with van der Waals surface area (Å²) in [7, 11) is 0. The highest BCUT2D eigenvalue weighted by atomic mass is 16.5. The van der Waals surface area contributed by atoms with Gasteiger partial charge in [0.25, 0.3) is 0 Å². The van der Waals surface area contributed by atoms with Crippen molar-refractivity contribution in [2.24, 2.45) is 0 Å². The maximum atomic E-state index is 12.3. The Labute approximate surface area is 108 Å². The molecule has 0 bridgehead atoms. The number of hydrogen-bond donors (Lipinski definition) is 0. The van der Waals surface area contributed by atoms with Crippen molar-refractivity contribution in [2.75, 3.05) is 32.8 Å². The van der Waals surface area contributed by atoms with E-state index in [1.807, 2.05) is 9.80 Å². The normalized spacial score (nSPS) is 29.9. The Balaban J connectivity index is 1.91. The van der Waals surface area contributed by atoms with Crippen LogP contribution in [0.15, 0.2) is 0 Å². The number of morpholine rings is 1. The molecule has 0 aromatic heterocycles. The number of likely N-dealkylation sites (tertiary alicyclic amines) is 1. The summed E-state index contributed by atoms with van der Waals surface area (Å²) in [6, 6.07) is 2.27. The van der Waals surface area contributed by atoms with Crippen LogP contribution in [0.3, 0.4) is 0 Å². The number of carbonyl (C=O) groups is 1. The summed E-state index contributed by atoms with van der Waals surface area (Å²) < 4.78 is 5.26. The fourth-order valence-electron chi connectivity index (χ4n) is 2.68. The van der Waals surface area contributed by atoms with E-state index < -0.39 is 0 Å². The molecule has 0 aromatic rings. The number of piperidine rings is 1. The zero-order valence-electron chi connectivity index (χ0n) is 11.0. The minimum absolute atomic E-state index is 0.157. The Kier molecular flexibility index (Phi) is 4.56. The molecule has 2 rings (SSSR count). The number of amides is 1. The van der Waals surface area contributed by atoms with Gasteiger partial charge in [0.05, 0.1) is 25.8 Å². The van der Waals surface area contributed by atoms with Crippen LogP contribution in [0.4, 0.5) is 0 Å². The summed E-state index contributed by atoms with van der Waals surface area (Å²) in [5.74, 6) is 0.157. The Hall–Kier alpha value is -1.12. The van der Waals surface area contributed by atoms with Crippen molar-refractivity contribution in [1.29, 1.82) is 5.26 Å². The summed E-state index contributed by atoms with van der Waals surface area (Å²) in [4.78, 5) is 16.2. The van der Waals surface area contributed by atoms with Crippen LogP contribution >= 0.6 is 0 Å². The van der Waals surface area contributed by atoms with Gasteiger partial charge < -0.3 is 9.64 Å². The van der Waals surface area contributed by atoms with Crippen molar-refractivity contribution in [1.82, 2.24) is 9.80 Å². The Morgan fingerprint density at radius 2 is 2.28 bits per heavy atom. The predicted octanol–water partition coefficient (Wildman–Crippen LogP) is 0.612. The van der Waals surface area contributed by atoms with Gasteiger partial charge in [0.2, 0.25) is 5.91 Å². The zero-order valence-corrected chi connectivity index (χ0v) is 11.0. The number of nitriles is 1. The smallest absolute Gasteiger partial charge is 0.237 e. The van der Waals surface area contributed by atoms with Gasteiger partial charge in [-0.2, -0.15) is 5.26 Å². The Morgan fingerprint density at radius 1 is 1.44 bits per heavy atom. The number of hydrogen-bond acceptors (Lipinski definition) is 4. The van der Waals surface area contributed by atoms with Gasteiger partial charge in [0.15, 0.2) is 0 Å². The summed E-state index contributed by atoms with van der Waals surface area (Å²) in [5.41, 5.74) is 0. The molecule has 0 aliphatic carbocycles. The molecule has 0 saturated carbocycles. The summed E-state index contributed by atoms with van der Waals surface area (Å²) in [6.45, 7) is 5.03. The van der Waals surface area contributed by atoms with E-state index in [9.17, 15) is 4.79 Å². The van der Waals surface area contributed by atoms with E-state index in [0.717, 1.165) is 19.4 Å². The van der Waals surface area contributed by atoms with Gasteiger partial charge in [-0.1, -0.05) is 0 Å². The third-order valence-corrected chi connectivity index (χ3v) is 3.85. The van der Waals surface area contributed by atoms with Crippen LogP contribution in [0.1, 0.15) is 26.2 Å². The largest absolute Gasteiger partial charge is 0.377 e. The third kappa shape index (κ3) is 3.01. The number of rotatable bonds is 2. The van der Waals surface area contributed by atoms with Crippen LogP contribution in [0.5, 0.6) is 0 Å². The number of ether oxygens (including phenoxy) is 1. The number of carbonyl (C=O) groups excluding carboxylic acids is 1. The molecule has 1 amide bonds. The SMILES string of the molecule is C[C@@H]1CCCCN1C(=O)CN1CCOC[C@@H]1C#N. The van der Waals surface area contributed by atoms with Gasteiger partial charge in [0, 0.05) is 19.1 Å². The minimum atomic E-state index is -0.275. The average molecular weight is 251 g/mol. The second-order valence-corrected chi connectivity index (χ2v) is 5.12. The highest BCUT2D eigenvalue weighted by Gasteiger charge is 2.29. The highest BCUT2D eigenvalue weighted by Crippen LogP contribution is 2.17. The molecule has 5 nitrogen and oxygen atoms in total. The van der Waals surface area contributed by atoms with E-state index in [2.05, 4.69) is 13.0 Å². The molecule has 2 aliphatic rings. The maximum Gasteiger partial charge on any atom is 0.237 e. The first-order valence-corrected chi connectivity index (χ1v) is 6.73. The zero-order chi connectivity index (χ0) is 13.0. The van der Waals surface area contributed by atoms with E-state index in [1.54, 1.807) is 0 Å². The molecule has 100 valence electrons. The van der Waals surface area contributed by atoms with Gasteiger partial charge >= 0.3 is 0 Å². The molecule has 0 aromatic carbocycles. The van der Waals surface area contributed by atoms with Crippen LogP contribution in [-0.2, 0) is 9.53 Å². The molecule has 2 saturated heterocycles. The van der Waals surface area contributed by atoms with E-state index in [0.29, 0.717) is 32.3 Å². The maximum absolute atomic E-state index is 12.3. The first-order valence-electron chi connectivity index (χ1n) is 6.73. The van der Waals surface area contributed by atoms with Gasteiger partial charge in [-0.15, -0.1) is 0 Å². The molecule has 0 spiro atoms. The van der Waals surface area contributed by atoms with Crippen LogP contribution < -0.4 is 0 Å². The predicted molar refractivity (Wildman–Crippen MR) is 66.8 cm³/mol. The third-order valence-electron chi connectivity index (χ3n) is 3.85. The van der Waals surface area contributed by atoms with Crippen LogP contribution in [-0.4, -0.2) is 60.6 Å². The van der Waals surface area contributed by atoms with Crippen molar-refractivity contribution >= 4 is 5.91 Å². The second-order valence-electron chi connectivity index (χ2n) is 5.12. The first-order chi connectivity index (χ1) is 8.72. The van der Waals surface area contributed by atoms with Gasteiger partial charge in [-0.3, -0.25) is 9.69 Å². The fraction of sp³-hybridized carbons (Fsp3) is 0.846. The lowest BCUT2D eigenvalue weighted by molar-refractivity contribution is -0.137. The van der Waals surface area contributed by atoms with Gasteiger partial charge in [-0.25, -0.2) is 0 Å². The van der Waals surface area contributed by atoms with Crippen molar-refractivity contribution in [3.63, 3.8) is 0 Å². The van der Waals surface area contributed by atoms with Crippen LogP contribution in [0.2, 0.25) is 0 Å². The molecule has 2 atom stereocenters. The molecule has 0 N–H and O–H groups in total. The monoisotopic (exact) mass is 251 g/mol. The summed E-state index contributed by atoms with van der Waals surface area (Å²) in [6.07, 6.45) is 3.40. The van der Waals surface area contributed by atoms with E-state index in [4.69, 9.17) is 10.00 Å². The summed E-state index contributed by atoms with van der Waals surface area (Å²) >= 11 is 0. The molecule has 2 fully saturated rings. The van der Waals surface area contributed by atoms with Gasteiger partial charge in [-0.05, 0) is 26.2 Å². The van der Waals surface area contributed by atoms with E-state index >= 15 is 0 Å². The topological polar surface area (TPSA) is 56.6 Å². The minimum Gasteiger partial charge on any atom is -0.377 e. The lowest BCUT2D eigenvalue weighted by Crippen LogP contribution is -2.52. The molecular weight excluding hydrogens is 230 g/mol. The van der Waals surface area contributed by atoms with Crippen LogP contribution in [0.25, 0.3) is 0 Å². The van der Waals surface area contributed by atoms with Crippen molar-refractivity contribution < 1.29 is 9.53 Å². The quantitative estimate of drug-likeness (QED) is 0.721. The highest BCUT2D eigenvalue weighted by molar-refractivity contribution is 5.78. The lowest BCUT2D eigenvalue weighted by Gasteiger charge is -2.37. The molecule has 18 heavy (non-hydrogen) atoms. The Morgan fingerprint density at radius 3 is 3.00 bits per heavy atom. The standard InChI is InChI=1S/C13H21N3O2/c1-11-4-2-3-5-16(11)13(17)9-15-6-7-18-10-12(15)8-14/h11-12H,2-7,9-10H2,1H3/t11-,12+/m1/s1. The molecule has 2 heterocycles. The molecular formula is C13H21N3O2. The molecule has 2 aliphatic heterocycles. The molecule has 0 radical (unpaired) electrons. The van der Waals surface area contributed by atoms with Gasteiger partial charge in [0.1, 0.15) is 6.04 Å². The van der Waals surface area contributed by atoms with Crippen molar-refractivity contribution in [3.05, 3.63) is 0 Å². The fourth-order valence-corrected chi connectivity index (χ4v) is 2.68. The van der Waals surface area contributed by atoms with E-state index in [-0.39, 0.29) is 11.9 Å².